The first-order valence-corrected chi connectivity index (χ1v) is 7.36. The van der Waals surface area contributed by atoms with Crippen LogP contribution in [0, 0.1) is 5.92 Å². The maximum atomic E-state index is 6.13. The van der Waals surface area contributed by atoms with Crippen LogP contribution in [0.5, 0.6) is 0 Å². The van der Waals surface area contributed by atoms with Crippen molar-refractivity contribution in [3.05, 3.63) is 33.8 Å². The zero-order valence-corrected chi connectivity index (χ0v) is 12.0. The second-order valence-electron chi connectivity index (χ2n) is 4.90. The predicted octanol–water partition coefficient (Wildman–Crippen LogP) is 3.13. The van der Waals surface area contributed by atoms with Gasteiger partial charge in [-0.1, -0.05) is 29.3 Å². The van der Waals surface area contributed by atoms with Crippen LogP contribution in [-0.2, 0) is 6.42 Å². The first kappa shape index (κ1) is 14.1. The Hall–Kier alpha value is -0.280. The Balaban J connectivity index is 1.68. The molecule has 1 aliphatic rings. The van der Waals surface area contributed by atoms with E-state index in [1.54, 1.807) is 0 Å². The van der Waals surface area contributed by atoms with E-state index in [4.69, 9.17) is 23.2 Å². The lowest BCUT2D eigenvalue weighted by atomic mass is 10.00. The minimum Gasteiger partial charge on any atom is -0.316 e. The SMILES string of the molecule is Clc1ccc(CCNCC2CCCNC2)c(Cl)c1. The van der Waals surface area contributed by atoms with Crippen LogP contribution in [0.15, 0.2) is 18.2 Å². The molecule has 2 N–H and O–H groups in total. The number of hydrogen-bond acceptors (Lipinski definition) is 2. The minimum atomic E-state index is 0.699. The average molecular weight is 287 g/mol. The lowest BCUT2D eigenvalue weighted by molar-refractivity contribution is 0.361. The molecule has 1 heterocycles. The van der Waals surface area contributed by atoms with Gasteiger partial charge in [0.2, 0.25) is 0 Å². The van der Waals surface area contributed by atoms with Gasteiger partial charge < -0.3 is 10.6 Å². The molecule has 0 radical (unpaired) electrons. The maximum absolute atomic E-state index is 6.13. The van der Waals surface area contributed by atoms with Crippen molar-refractivity contribution in [1.29, 1.82) is 0 Å². The molecule has 0 bridgehead atoms. The molecule has 0 amide bonds. The van der Waals surface area contributed by atoms with Gasteiger partial charge in [-0.25, -0.2) is 0 Å². The first-order chi connectivity index (χ1) is 8.75. The lowest BCUT2D eigenvalue weighted by Gasteiger charge is -2.23. The molecule has 0 aliphatic carbocycles. The van der Waals surface area contributed by atoms with Gasteiger partial charge >= 0.3 is 0 Å². The molecular weight excluding hydrogens is 267 g/mol. The molecule has 18 heavy (non-hydrogen) atoms. The van der Waals surface area contributed by atoms with Crippen LogP contribution in [0.25, 0.3) is 0 Å². The Kier molecular flexibility index (Phi) is 5.77. The van der Waals surface area contributed by atoms with Crippen LogP contribution in [0.2, 0.25) is 10.0 Å². The zero-order chi connectivity index (χ0) is 12.8. The minimum absolute atomic E-state index is 0.699. The van der Waals surface area contributed by atoms with E-state index in [1.807, 2.05) is 18.2 Å². The number of hydrogen-bond donors (Lipinski definition) is 2. The van der Waals surface area contributed by atoms with Crippen molar-refractivity contribution in [2.24, 2.45) is 5.92 Å². The van der Waals surface area contributed by atoms with Gasteiger partial charge in [0.15, 0.2) is 0 Å². The fourth-order valence-electron chi connectivity index (χ4n) is 2.35. The van der Waals surface area contributed by atoms with Gasteiger partial charge in [0, 0.05) is 10.0 Å². The molecular formula is C14H20Cl2N2. The molecule has 0 saturated carbocycles. The molecule has 1 fully saturated rings. The molecule has 4 heteroatoms. The van der Waals surface area contributed by atoms with E-state index in [9.17, 15) is 0 Å². The molecule has 1 unspecified atom stereocenters. The highest BCUT2D eigenvalue weighted by atomic mass is 35.5. The lowest BCUT2D eigenvalue weighted by Crippen LogP contribution is -2.36. The highest BCUT2D eigenvalue weighted by molar-refractivity contribution is 6.35. The van der Waals surface area contributed by atoms with Crippen molar-refractivity contribution in [3.8, 4) is 0 Å². The van der Waals surface area contributed by atoms with Gasteiger partial charge in [-0.3, -0.25) is 0 Å². The molecule has 1 saturated heterocycles. The Bertz CT molecular complexity index is 376. The Morgan fingerprint density at radius 1 is 1.33 bits per heavy atom. The van der Waals surface area contributed by atoms with Gasteiger partial charge in [0.05, 0.1) is 0 Å². The highest BCUT2D eigenvalue weighted by Gasteiger charge is 2.11. The van der Waals surface area contributed by atoms with E-state index < -0.39 is 0 Å². The van der Waals surface area contributed by atoms with E-state index >= 15 is 0 Å². The number of piperidine rings is 1. The van der Waals surface area contributed by atoms with Gasteiger partial charge in [-0.2, -0.15) is 0 Å². The molecule has 1 aromatic rings. The summed E-state index contributed by atoms with van der Waals surface area (Å²) in [4.78, 5) is 0. The third-order valence-corrected chi connectivity index (χ3v) is 4.01. The Morgan fingerprint density at radius 2 is 2.22 bits per heavy atom. The van der Waals surface area contributed by atoms with Crippen LogP contribution in [0.4, 0.5) is 0 Å². The summed E-state index contributed by atoms with van der Waals surface area (Å²) in [5.41, 5.74) is 1.16. The van der Waals surface area contributed by atoms with Crippen LogP contribution in [-0.4, -0.2) is 26.2 Å². The number of nitrogens with one attached hydrogen (secondary N) is 2. The fraction of sp³-hybridized carbons (Fsp3) is 0.571. The third-order valence-electron chi connectivity index (χ3n) is 3.42. The fourth-order valence-corrected chi connectivity index (χ4v) is 2.85. The highest BCUT2D eigenvalue weighted by Crippen LogP contribution is 2.21. The third kappa shape index (κ3) is 4.43. The van der Waals surface area contributed by atoms with Gasteiger partial charge in [-0.05, 0) is 69.1 Å². The average Bonchev–Trinajstić information content (AvgIpc) is 2.38. The van der Waals surface area contributed by atoms with E-state index in [2.05, 4.69) is 10.6 Å². The summed E-state index contributed by atoms with van der Waals surface area (Å²) in [7, 11) is 0. The Labute approximate surface area is 119 Å². The molecule has 0 spiro atoms. The summed E-state index contributed by atoms with van der Waals surface area (Å²) in [5, 5.41) is 8.41. The van der Waals surface area contributed by atoms with Crippen molar-refractivity contribution in [2.45, 2.75) is 19.3 Å². The molecule has 1 atom stereocenters. The zero-order valence-electron chi connectivity index (χ0n) is 10.5. The van der Waals surface area contributed by atoms with E-state index in [-0.39, 0.29) is 0 Å². The van der Waals surface area contributed by atoms with Crippen LogP contribution < -0.4 is 10.6 Å². The Morgan fingerprint density at radius 3 is 2.94 bits per heavy atom. The molecule has 100 valence electrons. The topological polar surface area (TPSA) is 24.1 Å². The maximum Gasteiger partial charge on any atom is 0.0453 e. The van der Waals surface area contributed by atoms with Gasteiger partial charge in [0.1, 0.15) is 0 Å². The molecule has 0 aromatic heterocycles. The number of rotatable bonds is 5. The van der Waals surface area contributed by atoms with Crippen molar-refractivity contribution < 1.29 is 0 Å². The molecule has 2 rings (SSSR count). The van der Waals surface area contributed by atoms with E-state index in [0.29, 0.717) is 5.02 Å². The van der Waals surface area contributed by atoms with Gasteiger partial charge in [0.25, 0.3) is 0 Å². The second-order valence-corrected chi connectivity index (χ2v) is 5.75. The summed E-state index contributed by atoms with van der Waals surface area (Å²) in [6.07, 6.45) is 3.59. The quantitative estimate of drug-likeness (QED) is 0.813. The normalized spacial score (nSPS) is 20.0. The second kappa shape index (κ2) is 7.34. The van der Waals surface area contributed by atoms with Gasteiger partial charge in [-0.15, -0.1) is 0 Å². The number of benzene rings is 1. The van der Waals surface area contributed by atoms with Crippen molar-refractivity contribution in [2.75, 3.05) is 26.2 Å². The van der Waals surface area contributed by atoms with Crippen LogP contribution in [0.1, 0.15) is 18.4 Å². The first-order valence-electron chi connectivity index (χ1n) is 6.61. The summed E-state index contributed by atoms with van der Waals surface area (Å²) in [6, 6.07) is 5.71. The monoisotopic (exact) mass is 286 g/mol. The van der Waals surface area contributed by atoms with Crippen molar-refractivity contribution >= 4 is 23.2 Å². The smallest absolute Gasteiger partial charge is 0.0453 e. The van der Waals surface area contributed by atoms with Crippen molar-refractivity contribution in [1.82, 2.24) is 10.6 Å². The summed E-state index contributed by atoms with van der Waals surface area (Å²) >= 11 is 12.0. The largest absolute Gasteiger partial charge is 0.316 e. The predicted molar refractivity (Wildman–Crippen MR) is 78.6 cm³/mol. The molecule has 1 aliphatic heterocycles. The summed E-state index contributed by atoms with van der Waals surface area (Å²) in [6.45, 7) is 4.39. The molecule has 2 nitrogen and oxygen atoms in total. The van der Waals surface area contributed by atoms with Crippen molar-refractivity contribution in [3.63, 3.8) is 0 Å². The summed E-state index contributed by atoms with van der Waals surface area (Å²) in [5.74, 6) is 0.777. The standard InChI is InChI=1S/C14H20Cl2N2/c15-13-4-3-12(14(16)8-13)5-7-18-10-11-2-1-6-17-9-11/h3-4,8,11,17-18H,1-2,5-7,9-10H2. The van der Waals surface area contributed by atoms with Crippen LogP contribution >= 0.6 is 23.2 Å². The van der Waals surface area contributed by atoms with E-state index in [0.717, 1.165) is 42.6 Å². The number of halogens is 2. The van der Waals surface area contributed by atoms with Crippen LogP contribution in [0.3, 0.4) is 0 Å². The molecule has 1 aromatic carbocycles. The summed E-state index contributed by atoms with van der Waals surface area (Å²) < 4.78 is 0. The van der Waals surface area contributed by atoms with E-state index in [1.165, 1.54) is 19.4 Å².